The highest BCUT2D eigenvalue weighted by Crippen LogP contribution is 2.30. The molecule has 2 aromatic rings. The molecule has 2 aliphatic rings. The van der Waals surface area contributed by atoms with Crippen LogP contribution in [0.5, 0.6) is 5.88 Å². The largest absolute Gasteiger partial charge is 0.471 e. The summed E-state index contributed by atoms with van der Waals surface area (Å²) in [5.41, 5.74) is 2.19. The van der Waals surface area contributed by atoms with Gasteiger partial charge in [-0.05, 0) is 17.5 Å². The monoisotopic (exact) mass is 368 g/mol. The number of rotatable bonds is 4. The molecule has 7 nitrogen and oxygen atoms in total. The molecule has 1 amide bonds. The third-order valence-corrected chi connectivity index (χ3v) is 5.02. The lowest BCUT2D eigenvalue weighted by Crippen LogP contribution is -2.37. The number of carbonyl (C=O) groups excluding carboxylic acids is 1. The molecule has 7 heteroatoms. The van der Waals surface area contributed by atoms with E-state index in [1.165, 1.54) is 5.56 Å². The lowest BCUT2D eigenvalue weighted by molar-refractivity contribution is -0.144. The number of amides is 1. The quantitative estimate of drug-likeness (QED) is 0.820. The summed E-state index contributed by atoms with van der Waals surface area (Å²) in [7, 11) is 3.82. The molecular formula is C20H24N4O3. The standard InChI is InChI=1S/C20H24N4O3/c1-23(2)17-11-21-12-18(22-17)27-15-7-9-24(13-15)20(25)19-16-6-4-3-5-14(16)8-10-26-19/h3-6,11-12,15,19H,7-10,13H2,1-2H3/t15-,19-/m0/s1. The Morgan fingerprint density at radius 2 is 2.15 bits per heavy atom. The van der Waals surface area contributed by atoms with Crippen molar-refractivity contribution in [1.82, 2.24) is 14.9 Å². The zero-order chi connectivity index (χ0) is 18.8. The number of ether oxygens (including phenoxy) is 2. The number of carbonyl (C=O) groups is 1. The normalized spacial score (nSPS) is 21.6. The number of anilines is 1. The van der Waals surface area contributed by atoms with Crippen molar-refractivity contribution in [3.63, 3.8) is 0 Å². The summed E-state index contributed by atoms with van der Waals surface area (Å²) in [5, 5.41) is 0. The predicted octanol–water partition coefficient (Wildman–Crippen LogP) is 1.84. The number of nitrogens with zero attached hydrogens (tertiary/aromatic N) is 4. The molecule has 0 bridgehead atoms. The molecule has 27 heavy (non-hydrogen) atoms. The smallest absolute Gasteiger partial charge is 0.256 e. The molecule has 4 rings (SSSR count). The van der Waals surface area contributed by atoms with Gasteiger partial charge in [0, 0.05) is 27.1 Å². The van der Waals surface area contributed by atoms with Crippen LogP contribution in [0.3, 0.4) is 0 Å². The van der Waals surface area contributed by atoms with Crippen molar-refractivity contribution in [1.29, 1.82) is 0 Å². The summed E-state index contributed by atoms with van der Waals surface area (Å²) in [4.78, 5) is 25.3. The molecule has 0 unspecified atom stereocenters. The van der Waals surface area contributed by atoms with Gasteiger partial charge in [0.1, 0.15) is 6.10 Å². The van der Waals surface area contributed by atoms with Gasteiger partial charge >= 0.3 is 0 Å². The van der Waals surface area contributed by atoms with Gasteiger partial charge in [-0.25, -0.2) is 0 Å². The second-order valence-corrected chi connectivity index (χ2v) is 7.12. The molecule has 0 aliphatic carbocycles. The van der Waals surface area contributed by atoms with Crippen LogP contribution in [0.15, 0.2) is 36.7 Å². The summed E-state index contributed by atoms with van der Waals surface area (Å²) in [6.45, 7) is 1.77. The van der Waals surface area contributed by atoms with Crippen molar-refractivity contribution in [2.45, 2.75) is 25.0 Å². The van der Waals surface area contributed by atoms with Crippen LogP contribution in [-0.2, 0) is 16.0 Å². The van der Waals surface area contributed by atoms with Gasteiger partial charge < -0.3 is 19.3 Å². The second kappa shape index (κ2) is 7.52. The van der Waals surface area contributed by atoms with Gasteiger partial charge in [-0.1, -0.05) is 24.3 Å². The first-order chi connectivity index (χ1) is 13.1. The van der Waals surface area contributed by atoms with Crippen molar-refractivity contribution < 1.29 is 14.3 Å². The van der Waals surface area contributed by atoms with E-state index in [4.69, 9.17) is 9.47 Å². The minimum absolute atomic E-state index is 0.0152. The third-order valence-electron chi connectivity index (χ3n) is 5.02. The lowest BCUT2D eigenvalue weighted by Gasteiger charge is -2.28. The van der Waals surface area contributed by atoms with Crippen LogP contribution in [0.4, 0.5) is 5.82 Å². The molecule has 1 aromatic carbocycles. The summed E-state index contributed by atoms with van der Waals surface area (Å²) in [5.74, 6) is 1.24. The van der Waals surface area contributed by atoms with E-state index in [0.29, 0.717) is 25.6 Å². The Kier molecular flexibility index (Phi) is 4.94. The van der Waals surface area contributed by atoms with Crippen LogP contribution in [0.1, 0.15) is 23.7 Å². The third kappa shape index (κ3) is 3.73. The Labute approximate surface area is 158 Å². The molecule has 3 heterocycles. The first-order valence-corrected chi connectivity index (χ1v) is 9.26. The van der Waals surface area contributed by atoms with Crippen molar-refractivity contribution in [2.24, 2.45) is 0 Å². The van der Waals surface area contributed by atoms with Crippen molar-refractivity contribution in [2.75, 3.05) is 38.7 Å². The molecule has 2 aliphatic heterocycles. The minimum atomic E-state index is -0.509. The molecular weight excluding hydrogens is 344 g/mol. The van der Waals surface area contributed by atoms with Crippen molar-refractivity contribution >= 4 is 11.7 Å². The first kappa shape index (κ1) is 17.7. The number of likely N-dealkylation sites (tertiary alicyclic amines) is 1. The maximum atomic E-state index is 13.0. The minimum Gasteiger partial charge on any atom is -0.471 e. The Morgan fingerprint density at radius 1 is 1.30 bits per heavy atom. The molecule has 142 valence electrons. The second-order valence-electron chi connectivity index (χ2n) is 7.12. The highest BCUT2D eigenvalue weighted by atomic mass is 16.5. The van der Waals surface area contributed by atoms with E-state index < -0.39 is 6.10 Å². The zero-order valence-electron chi connectivity index (χ0n) is 15.7. The van der Waals surface area contributed by atoms with Gasteiger partial charge in [0.25, 0.3) is 5.91 Å². The van der Waals surface area contributed by atoms with Gasteiger partial charge in [-0.2, -0.15) is 4.98 Å². The molecule has 0 saturated carbocycles. The van der Waals surface area contributed by atoms with Gasteiger partial charge in [-0.15, -0.1) is 0 Å². The van der Waals surface area contributed by atoms with Crippen LogP contribution in [0, 0.1) is 0 Å². The van der Waals surface area contributed by atoms with Gasteiger partial charge in [0.15, 0.2) is 11.9 Å². The van der Waals surface area contributed by atoms with Crippen LogP contribution in [0.2, 0.25) is 0 Å². The van der Waals surface area contributed by atoms with E-state index in [9.17, 15) is 4.79 Å². The summed E-state index contributed by atoms with van der Waals surface area (Å²) >= 11 is 0. The Hall–Kier alpha value is -2.67. The number of hydrogen-bond donors (Lipinski definition) is 0. The SMILES string of the molecule is CN(C)c1cncc(O[C@H]2CCN(C(=O)[C@H]3OCCc4ccccc43)C2)n1. The van der Waals surface area contributed by atoms with E-state index in [1.54, 1.807) is 12.4 Å². The molecule has 2 atom stereocenters. The summed E-state index contributed by atoms with van der Waals surface area (Å²) < 4.78 is 11.8. The van der Waals surface area contributed by atoms with Gasteiger partial charge in [0.05, 0.1) is 25.5 Å². The first-order valence-electron chi connectivity index (χ1n) is 9.26. The number of fused-ring (bicyclic) bond motifs is 1. The van der Waals surface area contributed by atoms with E-state index in [0.717, 1.165) is 24.2 Å². The maximum Gasteiger partial charge on any atom is 0.256 e. The fourth-order valence-corrected chi connectivity index (χ4v) is 3.57. The van der Waals surface area contributed by atoms with Crippen LogP contribution < -0.4 is 9.64 Å². The van der Waals surface area contributed by atoms with E-state index in [1.807, 2.05) is 42.1 Å². The van der Waals surface area contributed by atoms with Crippen molar-refractivity contribution in [3.05, 3.63) is 47.8 Å². The fourth-order valence-electron chi connectivity index (χ4n) is 3.57. The maximum absolute atomic E-state index is 13.0. The molecule has 1 fully saturated rings. The number of hydrogen-bond acceptors (Lipinski definition) is 6. The Morgan fingerprint density at radius 3 is 3.00 bits per heavy atom. The molecule has 1 aromatic heterocycles. The van der Waals surface area contributed by atoms with E-state index >= 15 is 0 Å². The number of aromatic nitrogens is 2. The predicted molar refractivity (Wildman–Crippen MR) is 101 cm³/mol. The van der Waals surface area contributed by atoms with Crippen LogP contribution in [-0.4, -0.2) is 60.7 Å². The Bertz CT molecular complexity index is 826. The van der Waals surface area contributed by atoms with Crippen LogP contribution >= 0.6 is 0 Å². The van der Waals surface area contributed by atoms with Crippen molar-refractivity contribution in [3.8, 4) is 5.88 Å². The number of benzene rings is 1. The molecule has 0 spiro atoms. The molecule has 0 N–H and O–H groups in total. The highest BCUT2D eigenvalue weighted by molar-refractivity contribution is 5.83. The fraction of sp³-hybridized carbons (Fsp3) is 0.450. The van der Waals surface area contributed by atoms with E-state index in [2.05, 4.69) is 16.0 Å². The average molecular weight is 368 g/mol. The zero-order valence-corrected chi connectivity index (χ0v) is 15.7. The topological polar surface area (TPSA) is 67.8 Å². The lowest BCUT2D eigenvalue weighted by atomic mass is 9.97. The molecule has 1 saturated heterocycles. The van der Waals surface area contributed by atoms with Crippen LogP contribution in [0.25, 0.3) is 0 Å². The highest BCUT2D eigenvalue weighted by Gasteiger charge is 2.35. The average Bonchev–Trinajstić information content (AvgIpc) is 3.15. The van der Waals surface area contributed by atoms with Gasteiger partial charge in [-0.3, -0.25) is 9.78 Å². The summed E-state index contributed by atoms with van der Waals surface area (Å²) in [6.07, 6.45) is 4.33. The van der Waals surface area contributed by atoms with E-state index in [-0.39, 0.29) is 12.0 Å². The van der Waals surface area contributed by atoms with Gasteiger partial charge in [0.2, 0.25) is 5.88 Å². The summed E-state index contributed by atoms with van der Waals surface area (Å²) in [6, 6.07) is 8.03. The Balaban J connectivity index is 1.41. The molecule has 0 radical (unpaired) electrons.